The molecular formula is C13H16F2N2O. The van der Waals surface area contributed by atoms with Crippen LogP contribution < -0.4 is 5.73 Å². The molecule has 0 atom stereocenters. The predicted molar refractivity (Wildman–Crippen MR) is 63.6 cm³/mol. The summed E-state index contributed by atoms with van der Waals surface area (Å²) in [7, 11) is 0. The molecule has 2 N–H and O–H groups in total. The zero-order valence-electron chi connectivity index (χ0n) is 10.0. The summed E-state index contributed by atoms with van der Waals surface area (Å²) in [5.41, 5.74) is 5.73. The average molecular weight is 254 g/mol. The second-order valence-corrected chi connectivity index (χ2v) is 4.69. The highest BCUT2D eigenvalue weighted by molar-refractivity contribution is 5.76. The predicted octanol–water partition coefficient (Wildman–Crippen LogP) is 1.66. The molecule has 1 saturated heterocycles. The van der Waals surface area contributed by atoms with Crippen LogP contribution in [0.5, 0.6) is 0 Å². The van der Waals surface area contributed by atoms with Gasteiger partial charge < -0.3 is 5.73 Å². The van der Waals surface area contributed by atoms with Crippen LogP contribution in [0.3, 0.4) is 0 Å². The third-order valence-corrected chi connectivity index (χ3v) is 3.40. The molecule has 18 heavy (non-hydrogen) atoms. The van der Waals surface area contributed by atoms with E-state index in [1.165, 1.54) is 12.1 Å². The number of hydrogen-bond acceptors (Lipinski definition) is 2. The zero-order valence-corrected chi connectivity index (χ0v) is 10.0. The number of carbonyl (C=O) groups excluding carboxylic acids is 1. The molecular weight excluding hydrogens is 238 g/mol. The molecule has 0 saturated carbocycles. The highest BCUT2D eigenvalue weighted by Gasteiger charge is 2.23. The van der Waals surface area contributed by atoms with Crippen molar-refractivity contribution >= 4 is 5.91 Å². The van der Waals surface area contributed by atoms with Crippen LogP contribution in [0.2, 0.25) is 0 Å². The fraction of sp³-hybridized carbons (Fsp3) is 0.462. The van der Waals surface area contributed by atoms with E-state index in [0.717, 1.165) is 6.07 Å². The van der Waals surface area contributed by atoms with Crippen LogP contribution in [0.4, 0.5) is 8.78 Å². The molecule has 0 spiro atoms. The van der Waals surface area contributed by atoms with Gasteiger partial charge in [0.05, 0.1) is 0 Å². The number of nitrogens with zero attached hydrogens (tertiary/aromatic N) is 1. The molecule has 98 valence electrons. The van der Waals surface area contributed by atoms with E-state index >= 15 is 0 Å². The van der Waals surface area contributed by atoms with E-state index in [1.54, 1.807) is 0 Å². The zero-order chi connectivity index (χ0) is 13.1. The Labute approximate surface area is 105 Å². The van der Waals surface area contributed by atoms with Gasteiger partial charge >= 0.3 is 0 Å². The van der Waals surface area contributed by atoms with E-state index in [2.05, 4.69) is 4.90 Å². The van der Waals surface area contributed by atoms with Crippen molar-refractivity contribution in [3.63, 3.8) is 0 Å². The summed E-state index contributed by atoms with van der Waals surface area (Å²) in [5.74, 6) is -1.42. The highest BCUT2D eigenvalue weighted by Crippen LogP contribution is 2.19. The lowest BCUT2D eigenvalue weighted by atomic mass is 9.96. The summed E-state index contributed by atoms with van der Waals surface area (Å²) in [5, 5.41) is 0. The van der Waals surface area contributed by atoms with Crippen LogP contribution in [0.15, 0.2) is 18.2 Å². The Morgan fingerprint density at radius 1 is 1.33 bits per heavy atom. The topological polar surface area (TPSA) is 46.3 Å². The van der Waals surface area contributed by atoms with Gasteiger partial charge in [-0.15, -0.1) is 0 Å². The molecule has 1 aliphatic heterocycles. The molecule has 1 fully saturated rings. The maximum absolute atomic E-state index is 13.5. The first kappa shape index (κ1) is 13.0. The summed E-state index contributed by atoms with van der Waals surface area (Å²) >= 11 is 0. The van der Waals surface area contributed by atoms with E-state index in [1.807, 2.05) is 0 Å². The molecule has 1 aromatic rings. The Morgan fingerprint density at radius 2 is 2.00 bits per heavy atom. The Bertz CT molecular complexity index is 443. The second kappa shape index (κ2) is 5.44. The quantitative estimate of drug-likeness (QED) is 0.891. The average Bonchev–Trinajstić information content (AvgIpc) is 2.33. The monoisotopic (exact) mass is 254 g/mol. The number of hydrogen-bond donors (Lipinski definition) is 1. The summed E-state index contributed by atoms with van der Waals surface area (Å²) < 4.78 is 26.2. The minimum atomic E-state index is -0.566. The van der Waals surface area contributed by atoms with Crippen molar-refractivity contribution < 1.29 is 13.6 Å². The SMILES string of the molecule is NC(=O)C1CCN(Cc2ccc(F)cc2F)CC1. The minimum absolute atomic E-state index is 0.0701. The second-order valence-electron chi connectivity index (χ2n) is 4.69. The third-order valence-electron chi connectivity index (χ3n) is 3.40. The van der Waals surface area contributed by atoms with Crippen molar-refractivity contribution in [1.29, 1.82) is 0 Å². The smallest absolute Gasteiger partial charge is 0.220 e. The number of carbonyl (C=O) groups is 1. The van der Waals surface area contributed by atoms with E-state index in [9.17, 15) is 13.6 Å². The third kappa shape index (κ3) is 3.04. The number of nitrogens with two attached hydrogens (primary N) is 1. The molecule has 0 bridgehead atoms. The van der Waals surface area contributed by atoms with Gasteiger partial charge in [-0.2, -0.15) is 0 Å². The Hall–Kier alpha value is -1.49. The first-order chi connectivity index (χ1) is 8.56. The molecule has 2 rings (SSSR count). The Balaban J connectivity index is 1.93. The standard InChI is InChI=1S/C13H16F2N2O/c14-11-2-1-10(12(15)7-11)8-17-5-3-9(4-6-17)13(16)18/h1-2,7,9H,3-6,8H2,(H2,16,18). The number of likely N-dealkylation sites (tertiary alicyclic amines) is 1. The van der Waals surface area contributed by atoms with Crippen molar-refractivity contribution in [3.8, 4) is 0 Å². The van der Waals surface area contributed by atoms with Gasteiger partial charge in [0.1, 0.15) is 11.6 Å². The number of piperidine rings is 1. The van der Waals surface area contributed by atoms with E-state index in [0.29, 0.717) is 38.0 Å². The molecule has 1 heterocycles. The van der Waals surface area contributed by atoms with Crippen LogP contribution in [-0.4, -0.2) is 23.9 Å². The van der Waals surface area contributed by atoms with E-state index in [4.69, 9.17) is 5.73 Å². The molecule has 0 radical (unpaired) electrons. The first-order valence-electron chi connectivity index (χ1n) is 6.02. The normalized spacial score (nSPS) is 17.9. The van der Waals surface area contributed by atoms with Gasteiger partial charge in [-0.05, 0) is 32.0 Å². The van der Waals surface area contributed by atoms with Gasteiger partial charge in [0.15, 0.2) is 0 Å². The number of benzene rings is 1. The van der Waals surface area contributed by atoms with E-state index < -0.39 is 11.6 Å². The lowest BCUT2D eigenvalue weighted by molar-refractivity contribution is -0.123. The maximum Gasteiger partial charge on any atom is 0.220 e. The number of primary amides is 1. The summed E-state index contributed by atoms with van der Waals surface area (Å²) in [6.45, 7) is 1.87. The van der Waals surface area contributed by atoms with Gasteiger partial charge in [0.25, 0.3) is 0 Å². The van der Waals surface area contributed by atoms with Crippen LogP contribution in [0.1, 0.15) is 18.4 Å². The van der Waals surface area contributed by atoms with Crippen LogP contribution >= 0.6 is 0 Å². The maximum atomic E-state index is 13.5. The molecule has 3 nitrogen and oxygen atoms in total. The van der Waals surface area contributed by atoms with Crippen molar-refractivity contribution in [2.24, 2.45) is 11.7 Å². The summed E-state index contributed by atoms with van der Waals surface area (Å²) in [6.07, 6.45) is 1.41. The van der Waals surface area contributed by atoms with Gasteiger partial charge in [-0.3, -0.25) is 9.69 Å². The lowest BCUT2D eigenvalue weighted by Gasteiger charge is -2.30. The van der Waals surface area contributed by atoms with Crippen LogP contribution in [-0.2, 0) is 11.3 Å². The molecule has 1 aromatic carbocycles. The largest absolute Gasteiger partial charge is 0.369 e. The number of amides is 1. The Kier molecular flexibility index (Phi) is 3.91. The lowest BCUT2D eigenvalue weighted by Crippen LogP contribution is -2.38. The minimum Gasteiger partial charge on any atom is -0.369 e. The fourth-order valence-electron chi connectivity index (χ4n) is 2.27. The Morgan fingerprint density at radius 3 is 2.56 bits per heavy atom. The molecule has 1 aliphatic rings. The van der Waals surface area contributed by atoms with Crippen molar-refractivity contribution in [2.45, 2.75) is 19.4 Å². The van der Waals surface area contributed by atoms with Crippen molar-refractivity contribution in [1.82, 2.24) is 4.90 Å². The van der Waals surface area contributed by atoms with Crippen LogP contribution in [0.25, 0.3) is 0 Å². The molecule has 1 amide bonds. The number of rotatable bonds is 3. The molecule has 0 unspecified atom stereocenters. The highest BCUT2D eigenvalue weighted by atomic mass is 19.1. The van der Waals surface area contributed by atoms with Gasteiger partial charge in [0, 0.05) is 24.1 Å². The summed E-state index contributed by atoms with van der Waals surface area (Å²) in [6, 6.07) is 3.62. The van der Waals surface area contributed by atoms with E-state index in [-0.39, 0.29) is 11.8 Å². The fourth-order valence-corrected chi connectivity index (χ4v) is 2.27. The summed E-state index contributed by atoms with van der Waals surface area (Å²) in [4.78, 5) is 13.1. The molecule has 0 aliphatic carbocycles. The van der Waals surface area contributed by atoms with Crippen molar-refractivity contribution in [3.05, 3.63) is 35.4 Å². The molecule has 5 heteroatoms. The molecule has 0 aromatic heterocycles. The van der Waals surface area contributed by atoms with Gasteiger partial charge in [-0.25, -0.2) is 8.78 Å². The first-order valence-corrected chi connectivity index (χ1v) is 6.02. The van der Waals surface area contributed by atoms with Gasteiger partial charge in [0.2, 0.25) is 5.91 Å². The van der Waals surface area contributed by atoms with Crippen LogP contribution in [0, 0.1) is 17.6 Å². The number of halogens is 2. The van der Waals surface area contributed by atoms with Crippen molar-refractivity contribution in [2.75, 3.05) is 13.1 Å². The van der Waals surface area contributed by atoms with Gasteiger partial charge in [-0.1, -0.05) is 6.07 Å².